The van der Waals surface area contributed by atoms with E-state index in [4.69, 9.17) is 14.2 Å². The molecule has 4 unspecified atom stereocenters. The number of H-pyrrole nitrogens is 1. The Balaban J connectivity index is 2.27. The van der Waals surface area contributed by atoms with Crippen molar-refractivity contribution in [1.82, 2.24) is 9.55 Å². The highest BCUT2D eigenvalue weighted by Gasteiger charge is 2.47. The lowest BCUT2D eigenvalue weighted by Gasteiger charge is -2.19. The number of aliphatic hydroxyl groups is 1. The van der Waals surface area contributed by atoms with Crippen molar-refractivity contribution in [3.05, 3.63) is 33.1 Å². The van der Waals surface area contributed by atoms with Crippen molar-refractivity contribution in [1.29, 1.82) is 0 Å². The summed E-state index contributed by atoms with van der Waals surface area (Å²) in [5.41, 5.74) is -1.40. The summed E-state index contributed by atoms with van der Waals surface area (Å²) in [6, 6.07) is 1.08. The van der Waals surface area contributed by atoms with Crippen LogP contribution in [0.15, 0.2) is 21.9 Å². The first-order chi connectivity index (χ1) is 10.8. The minimum Gasteiger partial charge on any atom is -0.463 e. The van der Waals surface area contributed by atoms with E-state index in [1.165, 1.54) is 6.92 Å². The van der Waals surface area contributed by atoms with Gasteiger partial charge in [0.15, 0.2) is 12.3 Å². The molecule has 0 bridgehead atoms. The van der Waals surface area contributed by atoms with Crippen molar-refractivity contribution in [2.45, 2.75) is 38.4 Å². The molecule has 23 heavy (non-hydrogen) atoms. The SMILES string of the molecule is CC(=O)OCC1OC(n2ccc(=O)[nH]c2=O)C(O)C1OC(C)=O. The van der Waals surface area contributed by atoms with Crippen molar-refractivity contribution in [2.24, 2.45) is 0 Å². The zero-order valence-corrected chi connectivity index (χ0v) is 12.4. The summed E-state index contributed by atoms with van der Waals surface area (Å²) < 4.78 is 16.2. The standard InChI is InChI=1S/C13H16N2O8/c1-6(16)21-5-8-11(22-7(2)17)10(19)12(23-8)15-4-3-9(18)14-13(15)20/h3-4,8,10-12,19H,5H2,1-2H3,(H,14,18,20). The molecular formula is C13H16N2O8. The van der Waals surface area contributed by atoms with E-state index in [2.05, 4.69) is 0 Å². The molecule has 1 aliphatic rings. The number of nitrogens with one attached hydrogen (secondary N) is 1. The van der Waals surface area contributed by atoms with Crippen LogP contribution in [0.5, 0.6) is 0 Å². The van der Waals surface area contributed by atoms with E-state index >= 15 is 0 Å². The summed E-state index contributed by atoms with van der Waals surface area (Å²) in [5, 5.41) is 10.3. The second kappa shape index (κ2) is 6.75. The predicted molar refractivity (Wildman–Crippen MR) is 73.4 cm³/mol. The van der Waals surface area contributed by atoms with E-state index < -0.39 is 47.7 Å². The van der Waals surface area contributed by atoms with Crippen LogP contribution in [0, 0.1) is 0 Å². The molecule has 10 nitrogen and oxygen atoms in total. The highest BCUT2D eigenvalue weighted by atomic mass is 16.6. The molecule has 0 radical (unpaired) electrons. The zero-order valence-electron chi connectivity index (χ0n) is 12.4. The Morgan fingerprint density at radius 1 is 1.35 bits per heavy atom. The molecule has 0 aromatic carbocycles. The lowest BCUT2D eigenvalue weighted by molar-refractivity contribution is -0.157. The number of ether oxygens (including phenoxy) is 3. The summed E-state index contributed by atoms with van der Waals surface area (Å²) in [7, 11) is 0. The molecule has 1 fully saturated rings. The van der Waals surface area contributed by atoms with E-state index in [0.29, 0.717) is 0 Å². The number of esters is 2. The molecule has 1 aromatic heterocycles. The van der Waals surface area contributed by atoms with Crippen molar-refractivity contribution in [3.8, 4) is 0 Å². The molecule has 1 saturated heterocycles. The normalized spacial score (nSPS) is 26.7. The number of hydrogen-bond acceptors (Lipinski definition) is 8. The number of rotatable bonds is 4. The molecule has 1 aromatic rings. The summed E-state index contributed by atoms with van der Waals surface area (Å²) in [5.74, 6) is -1.24. The number of hydrogen-bond donors (Lipinski definition) is 2. The second-order valence-corrected chi connectivity index (χ2v) is 4.95. The number of nitrogens with zero attached hydrogens (tertiary/aromatic N) is 1. The van der Waals surface area contributed by atoms with Gasteiger partial charge in [-0.15, -0.1) is 0 Å². The molecular weight excluding hydrogens is 312 g/mol. The molecule has 1 aliphatic heterocycles. The maximum Gasteiger partial charge on any atom is 0.330 e. The number of carbonyl (C=O) groups is 2. The average molecular weight is 328 g/mol. The first-order valence-corrected chi connectivity index (χ1v) is 6.75. The summed E-state index contributed by atoms with van der Waals surface area (Å²) in [6.45, 7) is 2.07. The summed E-state index contributed by atoms with van der Waals surface area (Å²) >= 11 is 0. The van der Waals surface area contributed by atoms with E-state index in [1.54, 1.807) is 0 Å². The van der Waals surface area contributed by atoms with Gasteiger partial charge in [0.1, 0.15) is 18.8 Å². The number of aliphatic hydroxyl groups excluding tert-OH is 1. The van der Waals surface area contributed by atoms with Gasteiger partial charge in [-0.2, -0.15) is 0 Å². The number of carbonyl (C=O) groups excluding carboxylic acids is 2. The molecule has 2 N–H and O–H groups in total. The van der Waals surface area contributed by atoms with Crippen molar-refractivity contribution in [3.63, 3.8) is 0 Å². The van der Waals surface area contributed by atoms with E-state index in [9.17, 15) is 24.3 Å². The monoisotopic (exact) mass is 328 g/mol. The molecule has 0 saturated carbocycles. The van der Waals surface area contributed by atoms with Crippen LogP contribution >= 0.6 is 0 Å². The maximum absolute atomic E-state index is 11.8. The van der Waals surface area contributed by atoms with Crippen LogP contribution in [0.4, 0.5) is 0 Å². The lowest BCUT2D eigenvalue weighted by atomic mass is 10.1. The first kappa shape index (κ1) is 16.9. The molecule has 10 heteroatoms. The number of aromatic amines is 1. The third-order valence-corrected chi connectivity index (χ3v) is 3.19. The van der Waals surface area contributed by atoms with Crippen LogP contribution < -0.4 is 11.2 Å². The Morgan fingerprint density at radius 3 is 2.61 bits per heavy atom. The van der Waals surface area contributed by atoms with E-state index in [-0.39, 0.29) is 6.61 Å². The van der Waals surface area contributed by atoms with Gasteiger partial charge < -0.3 is 19.3 Å². The fourth-order valence-corrected chi connectivity index (χ4v) is 2.25. The topological polar surface area (TPSA) is 137 Å². The van der Waals surface area contributed by atoms with Gasteiger partial charge >= 0.3 is 17.6 Å². The van der Waals surface area contributed by atoms with Crippen molar-refractivity contribution < 1.29 is 28.9 Å². The van der Waals surface area contributed by atoms with Crippen molar-refractivity contribution >= 4 is 11.9 Å². The van der Waals surface area contributed by atoms with Gasteiger partial charge in [-0.3, -0.25) is 23.9 Å². The molecule has 0 aliphatic carbocycles. The molecule has 126 valence electrons. The Labute approximate surface area is 129 Å². The Hall–Kier alpha value is -2.46. The second-order valence-electron chi connectivity index (χ2n) is 4.95. The Morgan fingerprint density at radius 2 is 2.04 bits per heavy atom. The van der Waals surface area contributed by atoms with Crippen LogP contribution in [0.2, 0.25) is 0 Å². The number of aromatic nitrogens is 2. The average Bonchev–Trinajstić information content (AvgIpc) is 2.73. The van der Waals surface area contributed by atoms with Gasteiger partial charge in [-0.25, -0.2) is 4.79 Å². The van der Waals surface area contributed by atoms with E-state index in [1.807, 2.05) is 4.98 Å². The zero-order chi connectivity index (χ0) is 17.1. The molecule has 4 atom stereocenters. The minimum absolute atomic E-state index is 0.265. The highest BCUT2D eigenvalue weighted by molar-refractivity contribution is 5.66. The van der Waals surface area contributed by atoms with Gasteiger partial charge in [0, 0.05) is 26.1 Å². The third kappa shape index (κ3) is 3.85. The van der Waals surface area contributed by atoms with Gasteiger partial charge in [-0.1, -0.05) is 0 Å². The smallest absolute Gasteiger partial charge is 0.330 e. The largest absolute Gasteiger partial charge is 0.463 e. The molecule has 0 spiro atoms. The first-order valence-electron chi connectivity index (χ1n) is 6.75. The third-order valence-electron chi connectivity index (χ3n) is 3.19. The van der Waals surface area contributed by atoms with Gasteiger partial charge in [0.25, 0.3) is 5.56 Å². The highest BCUT2D eigenvalue weighted by Crippen LogP contribution is 2.30. The summed E-state index contributed by atoms with van der Waals surface area (Å²) in [6.07, 6.45) is -3.53. The summed E-state index contributed by atoms with van der Waals surface area (Å²) in [4.78, 5) is 47.0. The van der Waals surface area contributed by atoms with Gasteiger partial charge in [0.05, 0.1) is 0 Å². The Kier molecular flexibility index (Phi) is 4.96. The Bertz CT molecular complexity index is 708. The minimum atomic E-state index is -1.39. The molecule has 2 rings (SSSR count). The van der Waals surface area contributed by atoms with Gasteiger partial charge in [0.2, 0.25) is 0 Å². The van der Waals surface area contributed by atoms with Crippen LogP contribution in [-0.2, 0) is 23.8 Å². The quantitative estimate of drug-likeness (QED) is 0.623. The molecule has 0 amide bonds. The van der Waals surface area contributed by atoms with Crippen LogP contribution in [0.3, 0.4) is 0 Å². The maximum atomic E-state index is 11.8. The van der Waals surface area contributed by atoms with Crippen molar-refractivity contribution in [2.75, 3.05) is 6.61 Å². The fraction of sp³-hybridized carbons (Fsp3) is 0.538. The lowest BCUT2D eigenvalue weighted by Crippen LogP contribution is -2.40. The molecule has 2 heterocycles. The predicted octanol–water partition coefficient (Wildman–Crippen LogP) is -1.71. The van der Waals surface area contributed by atoms with Crippen LogP contribution in [0.25, 0.3) is 0 Å². The van der Waals surface area contributed by atoms with Gasteiger partial charge in [-0.05, 0) is 0 Å². The van der Waals surface area contributed by atoms with E-state index in [0.717, 1.165) is 23.8 Å². The van der Waals surface area contributed by atoms with Crippen LogP contribution in [-0.4, -0.2) is 51.5 Å². The van der Waals surface area contributed by atoms with Crippen LogP contribution in [0.1, 0.15) is 20.1 Å². The fourth-order valence-electron chi connectivity index (χ4n) is 2.25.